The molecule has 0 radical (unpaired) electrons. The van der Waals surface area contributed by atoms with Crippen molar-refractivity contribution < 1.29 is 4.79 Å². The van der Waals surface area contributed by atoms with E-state index in [2.05, 4.69) is 24.5 Å². The van der Waals surface area contributed by atoms with Gasteiger partial charge in [-0.2, -0.15) is 0 Å². The largest absolute Gasteiger partial charge is 0.326 e. The van der Waals surface area contributed by atoms with Gasteiger partial charge in [-0.3, -0.25) is 4.79 Å². The van der Waals surface area contributed by atoms with E-state index in [-0.39, 0.29) is 11.8 Å². The van der Waals surface area contributed by atoms with Crippen molar-refractivity contribution in [2.75, 3.05) is 0 Å². The van der Waals surface area contributed by atoms with Gasteiger partial charge in [0.05, 0.1) is 4.99 Å². The summed E-state index contributed by atoms with van der Waals surface area (Å²) in [6.45, 7) is 6.19. The highest BCUT2D eigenvalue weighted by Crippen LogP contribution is 2.37. The van der Waals surface area contributed by atoms with E-state index in [9.17, 15) is 4.79 Å². The summed E-state index contributed by atoms with van der Waals surface area (Å²) in [5.41, 5.74) is -0.590. The van der Waals surface area contributed by atoms with E-state index in [1.807, 2.05) is 6.92 Å². The van der Waals surface area contributed by atoms with E-state index in [0.717, 1.165) is 12.8 Å². The lowest BCUT2D eigenvalue weighted by Gasteiger charge is -2.41. The minimum Gasteiger partial charge on any atom is -0.326 e. The second-order valence-corrected chi connectivity index (χ2v) is 5.07. The first-order chi connectivity index (χ1) is 7.48. The van der Waals surface area contributed by atoms with Crippen LogP contribution in [0, 0.1) is 11.3 Å². The topological polar surface area (TPSA) is 41.1 Å². The summed E-state index contributed by atoms with van der Waals surface area (Å²) < 4.78 is 0. The first-order valence-electron chi connectivity index (χ1n) is 5.65. The Kier molecular flexibility index (Phi) is 4.38. The summed E-state index contributed by atoms with van der Waals surface area (Å²) in [5.74, 6) is 0.176. The lowest BCUT2D eigenvalue weighted by atomic mass is 9.70. The van der Waals surface area contributed by atoms with E-state index >= 15 is 0 Å². The number of carbonyl (C=O) groups excluding carboxylic acids is 1. The Morgan fingerprint density at radius 1 is 1.31 bits per heavy atom. The average Bonchev–Trinajstić information content (AvgIpc) is 2.18. The summed E-state index contributed by atoms with van der Waals surface area (Å²) in [6.07, 6.45) is 2.73. The van der Waals surface area contributed by atoms with Crippen molar-refractivity contribution in [3.05, 3.63) is 0 Å². The van der Waals surface area contributed by atoms with Gasteiger partial charge < -0.3 is 10.6 Å². The SMILES string of the molecule is CCCC(C)C1(CC)C(=O)NC(=S)NC1=S. The lowest BCUT2D eigenvalue weighted by Crippen LogP contribution is -2.63. The number of amides is 1. The van der Waals surface area contributed by atoms with Gasteiger partial charge in [0, 0.05) is 0 Å². The molecule has 1 fully saturated rings. The zero-order valence-electron chi connectivity index (χ0n) is 9.92. The first-order valence-corrected chi connectivity index (χ1v) is 6.47. The van der Waals surface area contributed by atoms with Crippen LogP contribution < -0.4 is 10.6 Å². The van der Waals surface area contributed by atoms with Crippen LogP contribution in [0.3, 0.4) is 0 Å². The standard InChI is InChI=1S/C11H18N2OS2/c1-4-6-7(3)11(5-2)8(14)12-10(16)13-9(11)15/h7H,4-6H2,1-3H3,(H2,12,13,14,15,16). The smallest absolute Gasteiger partial charge is 0.239 e. The molecule has 2 N–H and O–H groups in total. The van der Waals surface area contributed by atoms with Crippen molar-refractivity contribution in [3.63, 3.8) is 0 Å². The Morgan fingerprint density at radius 3 is 2.38 bits per heavy atom. The molecule has 1 saturated heterocycles. The van der Waals surface area contributed by atoms with Gasteiger partial charge in [-0.25, -0.2) is 0 Å². The molecule has 0 aromatic carbocycles. The van der Waals surface area contributed by atoms with Gasteiger partial charge in [-0.1, -0.05) is 39.4 Å². The summed E-state index contributed by atoms with van der Waals surface area (Å²) in [6, 6.07) is 0. The first kappa shape index (κ1) is 13.5. The second kappa shape index (κ2) is 5.19. The monoisotopic (exact) mass is 258 g/mol. The van der Waals surface area contributed by atoms with Gasteiger partial charge >= 0.3 is 0 Å². The zero-order chi connectivity index (χ0) is 12.3. The fourth-order valence-electron chi connectivity index (χ4n) is 2.36. The Bertz CT molecular complexity index is 308. The molecule has 0 aromatic rings. The second-order valence-electron chi connectivity index (χ2n) is 4.25. The van der Waals surface area contributed by atoms with Crippen LogP contribution in [-0.2, 0) is 4.79 Å². The molecule has 1 aliphatic rings. The molecule has 0 spiro atoms. The van der Waals surface area contributed by atoms with Crippen LogP contribution in [0.5, 0.6) is 0 Å². The minimum absolute atomic E-state index is 0.0512. The predicted molar refractivity (Wildman–Crippen MR) is 73.3 cm³/mol. The molecule has 1 amide bonds. The number of thiocarbonyl (C=S) groups is 2. The van der Waals surface area contributed by atoms with Crippen molar-refractivity contribution in [1.82, 2.24) is 10.6 Å². The molecule has 5 heteroatoms. The third-order valence-corrected chi connectivity index (χ3v) is 4.06. The summed E-state index contributed by atoms with van der Waals surface area (Å²) in [7, 11) is 0. The highest BCUT2D eigenvalue weighted by atomic mass is 32.1. The van der Waals surface area contributed by atoms with Crippen molar-refractivity contribution in [2.45, 2.75) is 40.0 Å². The maximum Gasteiger partial charge on any atom is 0.239 e. The van der Waals surface area contributed by atoms with Crippen LogP contribution in [0.1, 0.15) is 40.0 Å². The quantitative estimate of drug-likeness (QED) is 0.758. The lowest BCUT2D eigenvalue weighted by molar-refractivity contribution is -0.128. The summed E-state index contributed by atoms with van der Waals surface area (Å²) in [4.78, 5) is 12.7. The Morgan fingerprint density at radius 2 is 1.94 bits per heavy atom. The van der Waals surface area contributed by atoms with Crippen LogP contribution in [0.25, 0.3) is 0 Å². The fourth-order valence-corrected chi connectivity index (χ4v) is 3.16. The molecule has 3 nitrogen and oxygen atoms in total. The van der Waals surface area contributed by atoms with Gasteiger partial charge in [0.1, 0.15) is 5.41 Å². The maximum atomic E-state index is 12.2. The highest BCUT2D eigenvalue weighted by Gasteiger charge is 2.48. The van der Waals surface area contributed by atoms with Gasteiger partial charge in [-0.15, -0.1) is 0 Å². The minimum atomic E-state index is -0.590. The molecular weight excluding hydrogens is 240 g/mol. The number of hydrogen-bond donors (Lipinski definition) is 2. The van der Waals surface area contributed by atoms with Crippen molar-refractivity contribution in [3.8, 4) is 0 Å². The van der Waals surface area contributed by atoms with Gasteiger partial charge in [0.2, 0.25) is 5.91 Å². The van der Waals surface area contributed by atoms with E-state index in [0.29, 0.717) is 16.5 Å². The number of rotatable bonds is 4. The van der Waals surface area contributed by atoms with Crippen LogP contribution in [0.4, 0.5) is 0 Å². The number of nitrogens with one attached hydrogen (secondary N) is 2. The van der Waals surface area contributed by atoms with Crippen molar-refractivity contribution >= 4 is 40.4 Å². The molecular formula is C11H18N2OS2. The van der Waals surface area contributed by atoms with E-state index < -0.39 is 5.41 Å². The molecule has 0 saturated carbocycles. The van der Waals surface area contributed by atoms with E-state index in [1.165, 1.54) is 0 Å². The Hall–Kier alpha value is -0.550. The summed E-state index contributed by atoms with van der Waals surface area (Å²) >= 11 is 10.3. The molecule has 2 atom stereocenters. The Labute approximate surface area is 107 Å². The highest BCUT2D eigenvalue weighted by molar-refractivity contribution is 7.82. The molecule has 0 aromatic heterocycles. The normalized spacial score (nSPS) is 27.3. The third-order valence-electron chi connectivity index (χ3n) is 3.39. The Balaban J connectivity index is 3.05. The third kappa shape index (κ3) is 2.11. The van der Waals surface area contributed by atoms with Crippen LogP contribution in [-0.4, -0.2) is 16.0 Å². The summed E-state index contributed by atoms with van der Waals surface area (Å²) in [5, 5.41) is 5.93. The van der Waals surface area contributed by atoms with Gasteiger partial charge in [-0.05, 0) is 31.0 Å². The van der Waals surface area contributed by atoms with Crippen LogP contribution >= 0.6 is 24.4 Å². The number of carbonyl (C=O) groups is 1. The molecule has 0 bridgehead atoms. The van der Waals surface area contributed by atoms with Gasteiger partial charge in [0.25, 0.3) is 0 Å². The maximum absolute atomic E-state index is 12.2. The molecule has 1 heterocycles. The fraction of sp³-hybridized carbons (Fsp3) is 0.727. The molecule has 1 rings (SSSR count). The average molecular weight is 258 g/mol. The molecule has 16 heavy (non-hydrogen) atoms. The molecule has 90 valence electrons. The van der Waals surface area contributed by atoms with E-state index in [1.54, 1.807) is 0 Å². The van der Waals surface area contributed by atoms with Gasteiger partial charge in [0.15, 0.2) is 5.11 Å². The van der Waals surface area contributed by atoms with Crippen molar-refractivity contribution in [1.29, 1.82) is 0 Å². The molecule has 2 unspecified atom stereocenters. The molecule has 1 aliphatic heterocycles. The van der Waals surface area contributed by atoms with E-state index in [4.69, 9.17) is 24.4 Å². The molecule has 0 aliphatic carbocycles. The van der Waals surface area contributed by atoms with Crippen LogP contribution in [0.2, 0.25) is 0 Å². The number of hydrogen-bond acceptors (Lipinski definition) is 3. The predicted octanol–water partition coefficient (Wildman–Crippen LogP) is 2.15. The van der Waals surface area contributed by atoms with Crippen LogP contribution in [0.15, 0.2) is 0 Å². The zero-order valence-corrected chi connectivity index (χ0v) is 11.6. The van der Waals surface area contributed by atoms with Crippen molar-refractivity contribution in [2.24, 2.45) is 11.3 Å².